The van der Waals surface area contributed by atoms with Crippen LogP contribution in [-0.2, 0) is 9.59 Å². The molecule has 1 aromatic carbocycles. The van der Waals surface area contributed by atoms with Crippen LogP contribution < -0.4 is 10.2 Å². The summed E-state index contributed by atoms with van der Waals surface area (Å²) in [6.07, 6.45) is 1.35. The molecule has 0 spiro atoms. The van der Waals surface area contributed by atoms with Gasteiger partial charge in [-0.3, -0.25) is 14.5 Å². The van der Waals surface area contributed by atoms with Crippen LogP contribution in [-0.4, -0.2) is 46.6 Å². The molecule has 0 radical (unpaired) electrons. The molecule has 1 N–H and O–H groups in total. The van der Waals surface area contributed by atoms with E-state index in [1.54, 1.807) is 23.6 Å². The third kappa shape index (κ3) is 3.25. The molecule has 3 rings (SSSR count). The normalized spacial score (nSPS) is 26.3. The summed E-state index contributed by atoms with van der Waals surface area (Å²) < 4.78 is 0. The number of imide groups is 1. The van der Waals surface area contributed by atoms with E-state index < -0.39 is 11.6 Å². The zero-order chi connectivity index (χ0) is 18.2. The lowest BCUT2D eigenvalue weighted by Crippen LogP contribution is -2.45. The molecule has 0 bridgehead atoms. The number of para-hydroxylation sites is 1. The minimum atomic E-state index is -0.918. The number of urea groups is 1. The summed E-state index contributed by atoms with van der Waals surface area (Å²) in [5, 5.41) is 3.09. The number of anilines is 1. The molecule has 7 heteroatoms. The maximum absolute atomic E-state index is 12.9. The molecule has 25 heavy (non-hydrogen) atoms. The molecule has 1 fully saturated rings. The smallest absolute Gasteiger partial charge is 0.323 e. The van der Waals surface area contributed by atoms with E-state index in [4.69, 9.17) is 0 Å². The predicted molar refractivity (Wildman–Crippen MR) is 97.7 cm³/mol. The van der Waals surface area contributed by atoms with Crippen molar-refractivity contribution in [2.45, 2.75) is 49.3 Å². The standard InChI is InChI=1S/C18H23N3O3S/c1-4-18(3)16(23)21(17(24)19-18)11-15(22)20-10-9-12(2)25-14-8-6-5-7-13(14)20/h5-8,12H,4,9-11H2,1-3H3,(H,19,24)/t12-,18-/m1/s1. The van der Waals surface area contributed by atoms with Crippen molar-refractivity contribution in [2.24, 2.45) is 0 Å². The summed E-state index contributed by atoms with van der Waals surface area (Å²) in [5.41, 5.74) is -0.0644. The Hall–Kier alpha value is -2.02. The van der Waals surface area contributed by atoms with Gasteiger partial charge >= 0.3 is 6.03 Å². The molecule has 2 atom stereocenters. The van der Waals surface area contributed by atoms with Gasteiger partial charge in [-0.2, -0.15) is 0 Å². The highest BCUT2D eigenvalue weighted by molar-refractivity contribution is 8.00. The van der Waals surface area contributed by atoms with Crippen molar-refractivity contribution in [1.82, 2.24) is 10.2 Å². The summed E-state index contributed by atoms with van der Waals surface area (Å²) in [7, 11) is 0. The number of hydrogen-bond acceptors (Lipinski definition) is 4. The number of nitrogens with one attached hydrogen (secondary N) is 1. The second-order valence-corrected chi connectivity index (χ2v) is 8.22. The molecule has 2 aliphatic heterocycles. The number of thioether (sulfide) groups is 1. The topological polar surface area (TPSA) is 69.7 Å². The van der Waals surface area contributed by atoms with Crippen LogP contribution in [0.1, 0.15) is 33.6 Å². The quantitative estimate of drug-likeness (QED) is 0.840. The minimum absolute atomic E-state index is 0.229. The van der Waals surface area contributed by atoms with Crippen LogP contribution in [0.3, 0.4) is 0 Å². The monoisotopic (exact) mass is 361 g/mol. The highest BCUT2D eigenvalue weighted by Gasteiger charge is 2.47. The average molecular weight is 361 g/mol. The van der Waals surface area contributed by atoms with E-state index in [9.17, 15) is 14.4 Å². The number of carbonyl (C=O) groups is 3. The van der Waals surface area contributed by atoms with E-state index in [-0.39, 0.29) is 18.4 Å². The Morgan fingerprint density at radius 2 is 2.08 bits per heavy atom. The Kier molecular flexibility index (Phi) is 4.77. The molecule has 0 saturated carbocycles. The van der Waals surface area contributed by atoms with Crippen molar-refractivity contribution in [3.63, 3.8) is 0 Å². The molecule has 2 heterocycles. The third-order valence-corrected chi connectivity index (χ3v) is 6.13. The number of hydrogen-bond donors (Lipinski definition) is 1. The van der Waals surface area contributed by atoms with E-state index in [0.717, 1.165) is 21.9 Å². The Labute approximate surface area is 151 Å². The van der Waals surface area contributed by atoms with Gasteiger partial charge < -0.3 is 10.2 Å². The summed E-state index contributed by atoms with van der Waals surface area (Å²) in [4.78, 5) is 41.4. The predicted octanol–water partition coefficient (Wildman–Crippen LogP) is 2.62. The number of carbonyl (C=O) groups excluding carboxylic acids is 3. The molecule has 6 nitrogen and oxygen atoms in total. The van der Waals surface area contributed by atoms with Crippen LogP contribution in [0.15, 0.2) is 29.2 Å². The molecule has 0 aliphatic carbocycles. The Balaban J connectivity index is 1.82. The van der Waals surface area contributed by atoms with Crippen molar-refractivity contribution >= 4 is 35.3 Å². The number of rotatable bonds is 3. The first-order chi connectivity index (χ1) is 11.9. The summed E-state index contributed by atoms with van der Waals surface area (Å²) in [5.74, 6) is -0.565. The second-order valence-electron chi connectivity index (χ2n) is 6.74. The van der Waals surface area contributed by atoms with Crippen molar-refractivity contribution in [3.05, 3.63) is 24.3 Å². The lowest BCUT2D eigenvalue weighted by molar-refractivity contribution is -0.134. The third-order valence-electron chi connectivity index (χ3n) is 4.89. The van der Waals surface area contributed by atoms with Gasteiger partial charge in [-0.15, -0.1) is 11.8 Å². The zero-order valence-corrected chi connectivity index (χ0v) is 15.6. The fraction of sp³-hybridized carbons (Fsp3) is 0.500. The minimum Gasteiger partial charge on any atom is -0.323 e. The van der Waals surface area contributed by atoms with Gasteiger partial charge in [-0.1, -0.05) is 26.0 Å². The molecule has 1 saturated heterocycles. The van der Waals surface area contributed by atoms with E-state index in [1.807, 2.05) is 31.2 Å². The first-order valence-corrected chi connectivity index (χ1v) is 9.44. The maximum Gasteiger partial charge on any atom is 0.325 e. The van der Waals surface area contributed by atoms with Crippen LogP contribution in [0.5, 0.6) is 0 Å². The molecule has 0 aromatic heterocycles. The van der Waals surface area contributed by atoms with Gasteiger partial charge in [0.25, 0.3) is 5.91 Å². The fourth-order valence-corrected chi connectivity index (χ4v) is 4.21. The molecule has 4 amide bonds. The highest BCUT2D eigenvalue weighted by atomic mass is 32.2. The second kappa shape index (κ2) is 6.71. The number of benzene rings is 1. The zero-order valence-electron chi connectivity index (χ0n) is 14.7. The molecule has 134 valence electrons. The van der Waals surface area contributed by atoms with Crippen LogP contribution in [0, 0.1) is 0 Å². The van der Waals surface area contributed by atoms with Gasteiger partial charge in [0.1, 0.15) is 12.1 Å². The van der Waals surface area contributed by atoms with Crippen molar-refractivity contribution < 1.29 is 14.4 Å². The summed E-state index contributed by atoms with van der Waals surface area (Å²) in [6, 6.07) is 7.28. The van der Waals surface area contributed by atoms with Crippen molar-refractivity contribution in [1.29, 1.82) is 0 Å². The largest absolute Gasteiger partial charge is 0.325 e. The van der Waals surface area contributed by atoms with E-state index in [0.29, 0.717) is 18.2 Å². The lowest BCUT2D eigenvalue weighted by Gasteiger charge is -2.25. The number of amides is 4. The summed E-state index contributed by atoms with van der Waals surface area (Å²) >= 11 is 1.75. The van der Waals surface area contributed by atoms with Gasteiger partial charge in [-0.05, 0) is 31.9 Å². The van der Waals surface area contributed by atoms with Crippen molar-refractivity contribution in [2.75, 3.05) is 18.0 Å². The first-order valence-electron chi connectivity index (χ1n) is 8.56. The number of nitrogens with zero attached hydrogens (tertiary/aromatic N) is 2. The van der Waals surface area contributed by atoms with Gasteiger partial charge in [0.05, 0.1) is 5.69 Å². The molecule has 2 aliphatic rings. The van der Waals surface area contributed by atoms with Gasteiger partial charge in [-0.25, -0.2) is 4.79 Å². The van der Waals surface area contributed by atoms with E-state index in [2.05, 4.69) is 12.2 Å². The maximum atomic E-state index is 12.9. The molecule has 1 aromatic rings. The van der Waals surface area contributed by atoms with Crippen LogP contribution in [0.25, 0.3) is 0 Å². The lowest BCUT2D eigenvalue weighted by atomic mass is 9.99. The Morgan fingerprint density at radius 1 is 1.36 bits per heavy atom. The van der Waals surface area contributed by atoms with Gasteiger partial charge in [0, 0.05) is 16.7 Å². The van der Waals surface area contributed by atoms with Gasteiger partial charge in [0.15, 0.2) is 0 Å². The molecule has 0 unspecified atom stereocenters. The SMILES string of the molecule is CC[C@@]1(C)NC(=O)N(CC(=O)N2CC[C@@H](C)Sc3ccccc32)C1=O. The van der Waals surface area contributed by atoms with Gasteiger partial charge in [0.2, 0.25) is 5.91 Å². The van der Waals surface area contributed by atoms with Crippen LogP contribution >= 0.6 is 11.8 Å². The fourth-order valence-electron chi connectivity index (χ4n) is 3.10. The Bertz CT molecular complexity index is 723. The highest BCUT2D eigenvalue weighted by Crippen LogP contribution is 2.37. The summed E-state index contributed by atoms with van der Waals surface area (Å²) in [6.45, 7) is 6.02. The van der Waals surface area contributed by atoms with Crippen LogP contribution in [0.4, 0.5) is 10.5 Å². The Morgan fingerprint density at radius 3 is 2.76 bits per heavy atom. The molecular formula is C18H23N3O3S. The molecular weight excluding hydrogens is 338 g/mol. The number of fused-ring (bicyclic) bond motifs is 1. The van der Waals surface area contributed by atoms with E-state index >= 15 is 0 Å². The van der Waals surface area contributed by atoms with Crippen LogP contribution in [0.2, 0.25) is 0 Å². The van der Waals surface area contributed by atoms with Crippen molar-refractivity contribution in [3.8, 4) is 0 Å². The first kappa shape index (κ1) is 17.8. The average Bonchev–Trinajstić information content (AvgIpc) is 2.73. The van der Waals surface area contributed by atoms with E-state index in [1.165, 1.54) is 0 Å².